The quantitative estimate of drug-likeness (QED) is 0.261. The van der Waals surface area contributed by atoms with Crippen LogP contribution in [0.2, 0.25) is 0 Å². The zero-order valence-electron chi connectivity index (χ0n) is 9.38. The van der Waals surface area contributed by atoms with Crippen molar-refractivity contribution in [3.8, 4) is 0 Å². The van der Waals surface area contributed by atoms with Crippen molar-refractivity contribution < 1.29 is 35.1 Å². The van der Waals surface area contributed by atoms with E-state index >= 15 is 0 Å². The molecule has 0 amide bonds. The van der Waals surface area contributed by atoms with Crippen molar-refractivity contribution >= 4 is 18.6 Å². The van der Waals surface area contributed by atoms with Crippen LogP contribution in [-0.4, -0.2) is 80.5 Å². The van der Waals surface area contributed by atoms with E-state index < -0.39 is 49.3 Å². The minimum absolute atomic E-state index is 0.0512. The molecule has 1 rings (SSSR count). The Morgan fingerprint density at radius 2 is 1.89 bits per heavy atom. The Kier molecular flexibility index (Phi) is 5.79. The van der Waals surface area contributed by atoms with Crippen LogP contribution in [0.5, 0.6) is 0 Å². The van der Waals surface area contributed by atoms with Gasteiger partial charge in [-0.2, -0.15) is 12.6 Å². The predicted octanol–water partition coefficient (Wildman–Crippen LogP) is -3.24. The molecule has 0 saturated carbocycles. The molecule has 9 heteroatoms. The highest BCUT2D eigenvalue weighted by Gasteiger charge is 2.44. The lowest BCUT2D eigenvalue weighted by Crippen LogP contribution is -2.64. The van der Waals surface area contributed by atoms with Gasteiger partial charge < -0.3 is 30.3 Å². The van der Waals surface area contributed by atoms with Gasteiger partial charge in [0.25, 0.3) is 0 Å². The van der Waals surface area contributed by atoms with Gasteiger partial charge in [-0.15, -0.1) is 0 Å². The second kappa shape index (κ2) is 6.66. The number of nitrogens with one attached hydrogen (secondary N) is 1. The maximum Gasteiger partial charge on any atom is 0.321 e. The van der Waals surface area contributed by atoms with Crippen molar-refractivity contribution in [1.29, 1.82) is 0 Å². The lowest BCUT2D eigenvalue weighted by molar-refractivity contribution is -0.238. The van der Waals surface area contributed by atoms with Crippen LogP contribution in [-0.2, 0) is 9.53 Å². The summed E-state index contributed by atoms with van der Waals surface area (Å²) in [7, 11) is 0. The van der Waals surface area contributed by atoms with Crippen molar-refractivity contribution in [2.75, 3.05) is 12.4 Å². The predicted molar refractivity (Wildman–Crippen MR) is 62.2 cm³/mol. The SMILES string of the molecule is O=C(O)[C@H](CS)NC1O[C@H](CO)[C@H](O)[C@H](O)[C@H]1O. The molecule has 6 N–H and O–H groups in total. The third-order valence-corrected chi connectivity index (χ3v) is 3.10. The highest BCUT2D eigenvalue weighted by Crippen LogP contribution is 2.20. The van der Waals surface area contributed by atoms with Gasteiger partial charge in [0, 0.05) is 5.75 Å². The summed E-state index contributed by atoms with van der Waals surface area (Å²) >= 11 is 3.83. The molecule has 106 valence electrons. The first-order chi connectivity index (χ1) is 8.42. The van der Waals surface area contributed by atoms with Crippen LogP contribution in [0.15, 0.2) is 0 Å². The van der Waals surface area contributed by atoms with Crippen LogP contribution in [0.1, 0.15) is 0 Å². The van der Waals surface area contributed by atoms with E-state index in [1.165, 1.54) is 0 Å². The van der Waals surface area contributed by atoms with Crippen LogP contribution in [0.4, 0.5) is 0 Å². The first-order valence-electron chi connectivity index (χ1n) is 5.32. The minimum Gasteiger partial charge on any atom is -0.480 e. The third-order valence-electron chi connectivity index (χ3n) is 2.74. The second-order valence-corrected chi connectivity index (χ2v) is 4.35. The van der Waals surface area contributed by atoms with Crippen molar-refractivity contribution in [1.82, 2.24) is 5.32 Å². The fraction of sp³-hybridized carbons (Fsp3) is 0.889. The van der Waals surface area contributed by atoms with Crippen LogP contribution < -0.4 is 5.32 Å². The molecule has 0 aromatic rings. The fourth-order valence-corrected chi connectivity index (χ4v) is 1.90. The minimum atomic E-state index is -1.54. The molecule has 1 unspecified atom stereocenters. The highest BCUT2D eigenvalue weighted by atomic mass is 32.1. The number of thiol groups is 1. The monoisotopic (exact) mass is 283 g/mol. The molecular formula is C9H17NO7S. The summed E-state index contributed by atoms with van der Waals surface area (Å²) in [4.78, 5) is 10.8. The van der Waals surface area contributed by atoms with Crippen LogP contribution in [0.25, 0.3) is 0 Å². The third kappa shape index (κ3) is 3.32. The Morgan fingerprint density at radius 1 is 1.28 bits per heavy atom. The van der Waals surface area contributed by atoms with E-state index in [-0.39, 0.29) is 5.75 Å². The van der Waals surface area contributed by atoms with Gasteiger partial charge in [-0.25, -0.2) is 0 Å². The number of hydrogen-bond donors (Lipinski definition) is 7. The lowest BCUT2D eigenvalue weighted by Gasteiger charge is -2.41. The largest absolute Gasteiger partial charge is 0.480 e. The first kappa shape index (κ1) is 15.6. The zero-order valence-corrected chi connectivity index (χ0v) is 10.3. The molecule has 1 heterocycles. The van der Waals surface area contributed by atoms with E-state index in [1.54, 1.807) is 0 Å². The Morgan fingerprint density at radius 3 is 2.33 bits per heavy atom. The van der Waals surface area contributed by atoms with Crippen molar-refractivity contribution in [3.05, 3.63) is 0 Å². The number of rotatable bonds is 5. The summed E-state index contributed by atoms with van der Waals surface area (Å²) in [6, 6.07) is -1.09. The van der Waals surface area contributed by atoms with Gasteiger partial charge in [-0.3, -0.25) is 10.1 Å². The smallest absolute Gasteiger partial charge is 0.321 e. The number of carboxylic acid groups (broad SMARTS) is 1. The molecule has 0 radical (unpaired) electrons. The number of carboxylic acids is 1. The molecule has 8 nitrogen and oxygen atoms in total. The Labute approximate surface area is 109 Å². The molecule has 6 atom stereocenters. The van der Waals surface area contributed by atoms with E-state index in [0.29, 0.717) is 0 Å². The molecule has 0 aromatic heterocycles. The fourth-order valence-electron chi connectivity index (χ4n) is 1.64. The molecule has 0 aromatic carbocycles. The summed E-state index contributed by atoms with van der Waals surface area (Å²) in [6.07, 6.45) is -6.81. The van der Waals surface area contributed by atoms with Crippen LogP contribution in [0.3, 0.4) is 0 Å². The number of ether oxygens (including phenoxy) is 1. The average molecular weight is 283 g/mol. The van der Waals surface area contributed by atoms with Crippen molar-refractivity contribution in [3.63, 3.8) is 0 Å². The van der Waals surface area contributed by atoms with Gasteiger partial charge in [0.1, 0.15) is 36.7 Å². The summed E-state index contributed by atoms with van der Waals surface area (Å²) in [5, 5.41) is 48.9. The second-order valence-electron chi connectivity index (χ2n) is 3.99. The van der Waals surface area contributed by atoms with Gasteiger partial charge in [0.2, 0.25) is 0 Å². The van der Waals surface area contributed by atoms with E-state index in [1.807, 2.05) is 0 Å². The molecule has 0 aliphatic carbocycles. The van der Waals surface area contributed by atoms with Crippen LogP contribution in [0, 0.1) is 0 Å². The van der Waals surface area contributed by atoms with Gasteiger partial charge in [0.05, 0.1) is 6.61 Å². The maximum absolute atomic E-state index is 10.8. The molecule has 0 spiro atoms. The number of aliphatic hydroxyl groups is 4. The van der Waals surface area contributed by atoms with Gasteiger partial charge >= 0.3 is 5.97 Å². The summed E-state index contributed by atoms with van der Waals surface area (Å²) in [5.41, 5.74) is 0. The standard InChI is InChI=1S/C9H17NO7S/c11-1-4-5(12)6(13)7(14)8(17-4)10-3(2-18)9(15)16/h3-8,10-14,18H,1-2H2,(H,15,16)/t3-,4+,5-,6-,7+,8?/m0/s1. The number of aliphatic hydroxyl groups excluding tert-OH is 4. The zero-order chi connectivity index (χ0) is 13.9. The number of hydrogen-bond acceptors (Lipinski definition) is 8. The number of carbonyl (C=O) groups is 1. The molecule has 18 heavy (non-hydrogen) atoms. The molecule has 1 fully saturated rings. The topological polar surface area (TPSA) is 139 Å². The summed E-state index contributed by atoms with van der Waals surface area (Å²) < 4.78 is 5.09. The Balaban J connectivity index is 2.72. The van der Waals surface area contributed by atoms with E-state index in [4.69, 9.17) is 14.9 Å². The van der Waals surface area contributed by atoms with Crippen LogP contribution >= 0.6 is 12.6 Å². The van der Waals surface area contributed by atoms with E-state index in [0.717, 1.165) is 0 Å². The Bertz CT molecular complexity index is 290. The molecule has 1 saturated heterocycles. The van der Waals surface area contributed by atoms with Gasteiger partial charge in [0.15, 0.2) is 0 Å². The lowest BCUT2D eigenvalue weighted by atomic mass is 9.98. The number of aliphatic carboxylic acids is 1. The van der Waals surface area contributed by atoms with Crippen molar-refractivity contribution in [2.24, 2.45) is 0 Å². The normalized spacial score (nSPS) is 38.4. The van der Waals surface area contributed by atoms with Gasteiger partial charge in [-0.1, -0.05) is 0 Å². The Hall–Kier alpha value is -0.420. The first-order valence-corrected chi connectivity index (χ1v) is 5.95. The maximum atomic E-state index is 10.8. The molecule has 1 aliphatic rings. The summed E-state index contributed by atoms with van der Waals surface area (Å²) in [6.45, 7) is -0.568. The van der Waals surface area contributed by atoms with Crippen molar-refractivity contribution in [2.45, 2.75) is 36.7 Å². The highest BCUT2D eigenvalue weighted by molar-refractivity contribution is 7.80. The molecule has 1 aliphatic heterocycles. The summed E-state index contributed by atoms with van der Waals surface area (Å²) in [5.74, 6) is -1.24. The van der Waals surface area contributed by atoms with E-state index in [2.05, 4.69) is 17.9 Å². The molecule has 0 bridgehead atoms. The van der Waals surface area contributed by atoms with E-state index in [9.17, 15) is 20.1 Å². The molecular weight excluding hydrogens is 266 g/mol. The average Bonchev–Trinajstić information content (AvgIpc) is 2.35. The van der Waals surface area contributed by atoms with Gasteiger partial charge in [-0.05, 0) is 0 Å².